The number of hydrogen-bond acceptors (Lipinski definition) is 3. The minimum atomic E-state index is 0.0905. The summed E-state index contributed by atoms with van der Waals surface area (Å²) in [6.45, 7) is 7.06. The summed E-state index contributed by atoms with van der Waals surface area (Å²) in [5.74, 6) is 1.05. The summed E-state index contributed by atoms with van der Waals surface area (Å²) in [4.78, 5) is 14.2. The molecule has 1 amide bonds. The maximum absolute atomic E-state index is 12.4. The van der Waals surface area contributed by atoms with E-state index in [0.717, 1.165) is 29.1 Å². The van der Waals surface area contributed by atoms with Gasteiger partial charge in [-0.05, 0) is 50.8 Å². The van der Waals surface area contributed by atoms with Crippen molar-refractivity contribution in [1.29, 1.82) is 0 Å². The third-order valence-corrected chi connectivity index (χ3v) is 4.05. The summed E-state index contributed by atoms with van der Waals surface area (Å²) in [6, 6.07) is 6.09. The first-order valence-corrected chi connectivity index (χ1v) is 8.01. The zero-order valence-corrected chi connectivity index (χ0v) is 13.3. The first-order valence-electron chi connectivity index (χ1n) is 6.61. The van der Waals surface area contributed by atoms with Crippen LogP contribution in [0, 0.1) is 6.92 Å². The number of thioether (sulfide) groups is 1. The molecule has 0 radical (unpaired) electrons. The fourth-order valence-corrected chi connectivity index (χ4v) is 2.65. The van der Waals surface area contributed by atoms with Gasteiger partial charge in [-0.15, -0.1) is 0 Å². The minimum absolute atomic E-state index is 0.0905. The maximum Gasteiger partial charge on any atom is 0.253 e. The molecule has 0 fully saturated rings. The summed E-state index contributed by atoms with van der Waals surface area (Å²) in [6.07, 6.45) is 2.06. The zero-order chi connectivity index (χ0) is 14.4. The molecule has 0 aliphatic heterocycles. The van der Waals surface area contributed by atoms with Crippen molar-refractivity contribution in [2.45, 2.75) is 26.8 Å². The molecule has 106 valence electrons. The number of aryl methyl sites for hydroxylation is 1. The molecular formula is C15H24N2OS. The van der Waals surface area contributed by atoms with E-state index in [-0.39, 0.29) is 11.9 Å². The number of hydrogen-bond donors (Lipinski definition) is 1. The number of benzene rings is 1. The Morgan fingerprint density at radius 2 is 2.16 bits per heavy atom. The Kier molecular flexibility index (Phi) is 6.22. The highest BCUT2D eigenvalue weighted by atomic mass is 32.2. The lowest BCUT2D eigenvalue weighted by Gasteiger charge is -2.24. The lowest BCUT2D eigenvalue weighted by molar-refractivity contribution is 0.0757. The molecule has 0 saturated carbocycles. The average molecular weight is 280 g/mol. The van der Waals surface area contributed by atoms with Crippen molar-refractivity contribution in [3.63, 3.8) is 0 Å². The van der Waals surface area contributed by atoms with Gasteiger partial charge in [-0.25, -0.2) is 0 Å². The molecule has 0 heterocycles. The lowest BCUT2D eigenvalue weighted by Crippen LogP contribution is -2.36. The Balaban J connectivity index is 2.85. The summed E-state index contributed by atoms with van der Waals surface area (Å²) < 4.78 is 0. The molecule has 1 atom stereocenters. The van der Waals surface area contributed by atoms with Gasteiger partial charge in [0.2, 0.25) is 0 Å². The Morgan fingerprint density at radius 1 is 1.47 bits per heavy atom. The van der Waals surface area contributed by atoms with Gasteiger partial charge in [0, 0.05) is 36.6 Å². The Hall–Kier alpha value is -1.16. The topological polar surface area (TPSA) is 32.3 Å². The van der Waals surface area contributed by atoms with Crippen LogP contribution in [-0.2, 0) is 0 Å². The molecule has 1 rings (SSSR count). The molecule has 1 N–H and O–H groups in total. The highest BCUT2D eigenvalue weighted by Gasteiger charge is 2.17. The third-order valence-electron chi connectivity index (χ3n) is 3.23. The van der Waals surface area contributed by atoms with Crippen LogP contribution in [0.2, 0.25) is 0 Å². The fraction of sp³-hybridized carbons (Fsp3) is 0.533. The second-order valence-electron chi connectivity index (χ2n) is 4.78. The average Bonchev–Trinajstić information content (AvgIpc) is 2.40. The van der Waals surface area contributed by atoms with E-state index in [0.29, 0.717) is 0 Å². The summed E-state index contributed by atoms with van der Waals surface area (Å²) in [7, 11) is 1.87. The second-order valence-corrected chi connectivity index (χ2v) is 5.69. The normalized spacial score (nSPS) is 12.1. The van der Waals surface area contributed by atoms with E-state index >= 15 is 0 Å². The van der Waals surface area contributed by atoms with E-state index in [1.54, 1.807) is 11.8 Å². The van der Waals surface area contributed by atoms with Crippen molar-refractivity contribution < 1.29 is 4.79 Å². The van der Waals surface area contributed by atoms with Crippen molar-refractivity contribution in [3.05, 3.63) is 29.3 Å². The van der Waals surface area contributed by atoms with Gasteiger partial charge >= 0.3 is 0 Å². The van der Waals surface area contributed by atoms with Gasteiger partial charge in [0.05, 0.1) is 0 Å². The van der Waals surface area contributed by atoms with Gasteiger partial charge in [-0.1, -0.05) is 0 Å². The highest BCUT2D eigenvalue weighted by Crippen LogP contribution is 2.18. The molecule has 1 aromatic rings. The molecular weight excluding hydrogens is 256 g/mol. The van der Waals surface area contributed by atoms with Crippen LogP contribution in [0.3, 0.4) is 0 Å². The van der Waals surface area contributed by atoms with Gasteiger partial charge < -0.3 is 10.2 Å². The molecule has 1 unspecified atom stereocenters. The number of nitrogens with one attached hydrogen (secondary N) is 1. The van der Waals surface area contributed by atoms with E-state index < -0.39 is 0 Å². The first kappa shape index (κ1) is 15.9. The number of amides is 1. The van der Waals surface area contributed by atoms with Gasteiger partial charge in [0.1, 0.15) is 0 Å². The van der Waals surface area contributed by atoms with Crippen LogP contribution in [0.15, 0.2) is 18.2 Å². The standard InChI is InChI=1S/C15H24N2OS/c1-6-16-14-8-7-13(9-11(14)2)15(18)17(4)12(3)10-19-5/h7-9,12,16H,6,10H2,1-5H3. The summed E-state index contributed by atoms with van der Waals surface area (Å²) in [5, 5.41) is 3.29. The Bertz CT molecular complexity index is 434. The van der Waals surface area contributed by atoms with E-state index in [1.165, 1.54) is 0 Å². The van der Waals surface area contributed by atoms with E-state index in [2.05, 4.69) is 25.4 Å². The van der Waals surface area contributed by atoms with Crippen molar-refractivity contribution in [1.82, 2.24) is 4.90 Å². The van der Waals surface area contributed by atoms with Gasteiger partial charge in [-0.3, -0.25) is 4.79 Å². The molecule has 0 bridgehead atoms. The number of anilines is 1. The van der Waals surface area contributed by atoms with Gasteiger partial charge in [0.25, 0.3) is 5.91 Å². The monoisotopic (exact) mass is 280 g/mol. The van der Waals surface area contributed by atoms with Crippen LogP contribution in [-0.4, -0.2) is 42.4 Å². The SMILES string of the molecule is CCNc1ccc(C(=O)N(C)C(C)CSC)cc1C. The van der Waals surface area contributed by atoms with E-state index in [9.17, 15) is 4.79 Å². The summed E-state index contributed by atoms with van der Waals surface area (Å²) >= 11 is 1.76. The van der Waals surface area contributed by atoms with Crippen LogP contribution in [0.1, 0.15) is 29.8 Å². The molecule has 0 aliphatic carbocycles. The molecule has 0 saturated heterocycles. The molecule has 19 heavy (non-hydrogen) atoms. The largest absolute Gasteiger partial charge is 0.385 e. The van der Waals surface area contributed by atoms with Crippen LogP contribution < -0.4 is 5.32 Å². The van der Waals surface area contributed by atoms with Crippen LogP contribution >= 0.6 is 11.8 Å². The van der Waals surface area contributed by atoms with Crippen molar-refractivity contribution in [2.24, 2.45) is 0 Å². The van der Waals surface area contributed by atoms with Gasteiger partial charge in [-0.2, -0.15) is 11.8 Å². The van der Waals surface area contributed by atoms with Gasteiger partial charge in [0.15, 0.2) is 0 Å². The van der Waals surface area contributed by atoms with Crippen molar-refractivity contribution in [3.8, 4) is 0 Å². The van der Waals surface area contributed by atoms with Crippen LogP contribution in [0.25, 0.3) is 0 Å². The molecule has 0 aliphatic rings. The second kappa shape index (κ2) is 7.43. The molecule has 0 spiro atoms. The van der Waals surface area contributed by atoms with E-state index in [1.807, 2.05) is 37.1 Å². The maximum atomic E-state index is 12.4. The van der Waals surface area contributed by atoms with Crippen LogP contribution in [0.4, 0.5) is 5.69 Å². The molecule has 3 nitrogen and oxygen atoms in total. The predicted molar refractivity (Wildman–Crippen MR) is 85.3 cm³/mol. The predicted octanol–water partition coefficient (Wildman–Crippen LogP) is 3.25. The number of carbonyl (C=O) groups is 1. The third kappa shape index (κ3) is 4.16. The Morgan fingerprint density at radius 3 is 2.68 bits per heavy atom. The molecule has 1 aromatic carbocycles. The molecule has 4 heteroatoms. The smallest absolute Gasteiger partial charge is 0.253 e. The Labute approximate surface area is 120 Å². The number of rotatable bonds is 6. The summed E-state index contributed by atoms with van der Waals surface area (Å²) in [5.41, 5.74) is 2.96. The first-order chi connectivity index (χ1) is 9.01. The number of nitrogens with zero attached hydrogens (tertiary/aromatic N) is 1. The fourth-order valence-electron chi connectivity index (χ4n) is 1.94. The number of carbonyl (C=O) groups excluding carboxylic acids is 1. The zero-order valence-electron chi connectivity index (χ0n) is 12.5. The quantitative estimate of drug-likeness (QED) is 0.868. The van der Waals surface area contributed by atoms with Crippen LogP contribution in [0.5, 0.6) is 0 Å². The van der Waals surface area contributed by atoms with E-state index in [4.69, 9.17) is 0 Å². The highest BCUT2D eigenvalue weighted by molar-refractivity contribution is 7.98. The van der Waals surface area contributed by atoms with Crippen molar-refractivity contribution >= 4 is 23.4 Å². The lowest BCUT2D eigenvalue weighted by atomic mass is 10.1. The minimum Gasteiger partial charge on any atom is -0.385 e. The van der Waals surface area contributed by atoms with Crippen molar-refractivity contribution in [2.75, 3.05) is 30.9 Å². The molecule has 0 aromatic heterocycles.